The summed E-state index contributed by atoms with van der Waals surface area (Å²) in [7, 11) is 3.11. The van der Waals surface area contributed by atoms with E-state index in [0.29, 0.717) is 28.2 Å². The Bertz CT molecular complexity index is 965. The summed E-state index contributed by atoms with van der Waals surface area (Å²) in [5.41, 5.74) is 1.49. The van der Waals surface area contributed by atoms with Gasteiger partial charge in [0.1, 0.15) is 17.2 Å². The first-order chi connectivity index (χ1) is 13.1. The number of carbonyl (C=O) groups is 1. The Hall–Kier alpha value is -3.32. The molecule has 0 saturated carbocycles. The van der Waals surface area contributed by atoms with E-state index in [2.05, 4.69) is 20.6 Å². The van der Waals surface area contributed by atoms with Crippen LogP contribution in [0.5, 0.6) is 11.5 Å². The van der Waals surface area contributed by atoms with Crippen LogP contribution in [0.3, 0.4) is 0 Å². The maximum Gasteiger partial charge on any atom is 0.274 e. The van der Waals surface area contributed by atoms with Crippen LogP contribution in [0.1, 0.15) is 10.5 Å². The van der Waals surface area contributed by atoms with Gasteiger partial charge in [0, 0.05) is 23.6 Å². The summed E-state index contributed by atoms with van der Waals surface area (Å²) in [6.07, 6.45) is 1.51. The molecule has 2 N–H and O–H groups in total. The van der Waals surface area contributed by atoms with E-state index in [1.165, 1.54) is 19.4 Å². The highest BCUT2D eigenvalue weighted by Gasteiger charge is 2.11. The molecule has 0 radical (unpaired) electrons. The fraction of sp³-hybridized carbons (Fsp3) is 0.105. The lowest BCUT2D eigenvalue weighted by atomic mass is 10.3. The topological polar surface area (TPSA) is 85.4 Å². The molecule has 0 unspecified atom stereocenters. The van der Waals surface area contributed by atoms with Crippen molar-refractivity contribution in [2.75, 3.05) is 24.9 Å². The first-order valence-corrected chi connectivity index (χ1v) is 8.36. The molecule has 0 saturated heterocycles. The minimum absolute atomic E-state index is 0.210. The predicted molar refractivity (Wildman–Crippen MR) is 104 cm³/mol. The molecular weight excluding hydrogens is 368 g/mol. The first kappa shape index (κ1) is 18.5. The zero-order valence-corrected chi connectivity index (χ0v) is 15.4. The summed E-state index contributed by atoms with van der Waals surface area (Å²) < 4.78 is 10.3. The summed E-state index contributed by atoms with van der Waals surface area (Å²) in [5.74, 6) is 1.14. The maximum atomic E-state index is 12.5. The lowest BCUT2D eigenvalue weighted by Gasteiger charge is -2.09. The molecule has 0 fully saturated rings. The number of anilines is 3. The molecule has 0 spiro atoms. The largest absolute Gasteiger partial charge is 0.497 e. The van der Waals surface area contributed by atoms with Crippen molar-refractivity contribution in [3.05, 3.63) is 65.4 Å². The highest BCUT2D eigenvalue weighted by Crippen LogP contribution is 2.27. The van der Waals surface area contributed by atoms with Crippen LogP contribution in [0, 0.1) is 0 Å². The molecule has 0 bridgehead atoms. The lowest BCUT2D eigenvalue weighted by molar-refractivity contribution is 0.102. The molecule has 8 heteroatoms. The quantitative estimate of drug-likeness (QED) is 0.664. The summed E-state index contributed by atoms with van der Waals surface area (Å²) in [6, 6.07) is 13.8. The van der Waals surface area contributed by atoms with Gasteiger partial charge in [0.2, 0.25) is 5.95 Å². The van der Waals surface area contributed by atoms with Crippen molar-refractivity contribution in [1.29, 1.82) is 0 Å². The second kappa shape index (κ2) is 8.37. The summed E-state index contributed by atoms with van der Waals surface area (Å²) in [5, 5.41) is 6.19. The van der Waals surface area contributed by atoms with E-state index in [0.717, 1.165) is 5.69 Å². The van der Waals surface area contributed by atoms with Crippen molar-refractivity contribution in [3.63, 3.8) is 0 Å². The standard InChI is InChI=1S/C19H17ClN4O3/c1-26-14-5-3-4-12(10-14)23-19-21-9-8-16(24-19)18(25)22-13-6-7-17(27-2)15(20)11-13/h3-11H,1-2H3,(H,22,25)(H,21,23,24). The van der Waals surface area contributed by atoms with Crippen LogP contribution >= 0.6 is 11.6 Å². The molecule has 0 aliphatic rings. The van der Waals surface area contributed by atoms with Crippen LogP contribution in [0.2, 0.25) is 5.02 Å². The lowest BCUT2D eigenvalue weighted by Crippen LogP contribution is -2.14. The highest BCUT2D eigenvalue weighted by molar-refractivity contribution is 6.32. The Morgan fingerprint density at radius 1 is 1.04 bits per heavy atom. The van der Waals surface area contributed by atoms with Crippen LogP contribution in [-0.2, 0) is 0 Å². The molecule has 1 amide bonds. The number of nitrogens with one attached hydrogen (secondary N) is 2. The number of halogens is 1. The normalized spacial score (nSPS) is 10.2. The van der Waals surface area contributed by atoms with Gasteiger partial charge >= 0.3 is 0 Å². The molecule has 138 valence electrons. The fourth-order valence-corrected chi connectivity index (χ4v) is 2.57. The van der Waals surface area contributed by atoms with E-state index in [-0.39, 0.29) is 11.6 Å². The highest BCUT2D eigenvalue weighted by atomic mass is 35.5. The summed E-state index contributed by atoms with van der Waals surface area (Å²) >= 11 is 6.08. The van der Waals surface area contributed by atoms with Gasteiger partial charge in [-0.2, -0.15) is 0 Å². The molecule has 7 nitrogen and oxygen atoms in total. The van der Waals surface area contributed by atoms with Gasteiger partial charge in [-0.05, 0) is 36.4 Å². The number of nitrogens with zero attached hydrogens (tertiary/aromatic N) is 2. The molecule has 2 aromatic carbocycles. The fourth-order valence-electron chi connectivity index (χ4n) is 2.31. The Morgan fingerprint density at radius 2 is 1.89 bits per heavy atom. The third-order valence-electron chi connectivity index (χ3n) is 3.62. The molecule has 0 aliphatic carbocycles. The number of carbonyl (C=O) groups excluding carboxylic acids is 1. The Kier molecular flexibility index (Phi) is 5.73. The number of aromatic nitrogens is 2. The second-order valence-electron chi connectivity index (χ2n) is 5.43. The Morgan fingerprint density at radius 3 is 2.63 bits per heavy atom. The number of hydrogen-bond acceptors (Lipinski definition) is 6. The summed E-state index contributed by atoms with van der Waals surface area (Å²) in [4.78, 5) is 20.8. The Balaban J connectivity index is 1.74. The molecule has 0 atom stereocenters. The van der Waals surface area contributed by atoms with Gasteiger partial charge in [-0.15, -0.1) is 0 Å². The van der Waals surface area contributed by atoms with Gasteiger partial charge in [-0.3, -0.25) is 4.79 Å². The molecule has 3 aromatic rings. The molecule has 1 aromatic heterocycles. The number of ether oxygens (including phenoxy) is 2. The third-order valence-corrected chi connectivity index (χ3v) is 3.92. The SMILES string of the molecule is COc1cccc(Nc2nccc(C(=O)Nc3ccc(OC)c(Cl)c3)n2)c1. The molecule has 27 heavy (non-hydrogen) atoms. The van der Waals surface area contributed by atoms with Gasteiger partial charge in [0.25, 0.3) is 5.91 Å². The summed E-state index contributed by atoms with van der Waals surface area (Å²) in [6.45, 7) is 0. The first-order valence-electron chi connectivity index (χ1n) is 7.98. The number of methoxy groups -OCH3 is 2. The average Bonchev–Trinajstić information content (AvgIpc) is 2.68. The smallest absolute Gasteiger partial charge is 0.274 e. The van der Waals surface area contributed by atoms with Crippen LogP contribution < -0.4 is 20.1 Å². The Labute approximate surface area is 161 Å². The molecule has 3 rings (SSSR count). The third kappa shape index (κ3) is 4.65. The minimum Gasteiger partial charge on any atom is -0.497 e. The molecule has 0 aliphatic heterocycles. The van der Waals surface area contributed by atoms with Crippen molar-refractivity contribution < 1.29 is 14.3 Å². The van der Waals surface area contributed by atoms with E-state index in [4.69, 9.17) is 21.1 Å². The average molecular weight is 385 g/mol. The molecule has 1 heterocycles. The van der Waals surface area contributed by atoms with E-state index in [9.17, 15) is 4.79 Å². The van der Waals surface area contributed by atoms with Crippen molar-refractivity contribution in [2.24, 2.45) is 0 Å². The van der Waals surface area contributed by atoms with Crippen molar-refractivity contribution in [1.82, 2.24) is 9.97 Å². The zero-order chi connectivity index (χ0) is 19.2. The van der Waals surface area contributed by atoms with Gasteiger partial charge in [0.05, 0.1) is 19.2 Å². The van der Waals surface area contributed by atoms with Crippen LogP contribution in [0.4, 0.5) is 17.3 Å². The van der Waals surface area contributed by atoms with Gasteiger partial charge in [-0.25, -0.2) is 9.97 Å². The monoisotopic (exact) mass is 384 g/mol. The van der Waals surface area contributed by atoms with E-state index < -0.39 is 0 Å². The van der Waals surface area contributed by atoms with Crippen molar-refractivity contribution in [2.45, 2.75) is 0 Å². The molecular formula is C19H17ClN4O3. The number of hydrogen-bond donors (Lipinski definition) is 2. The number of rotatable bonds is 6. The van der Waals surface area contributed by atoms with E-state index >= 15 is 0 Å². The van der Waals surface area contributed by atoms with E-state index in [1.807, 2.05) is 18.2 Å². The predicted octanol–water partition coefficient (Wildman–Crippen LogP) is 4.14. The minimum atomic E-state index is -0.382. The van der Waals surface area contributed by atoms with Crippen LogP contribution in [0.15, 0.2) is 54.7 Å². The van der Waals surface area contributed by atoms with Crippen molar-refractivity contribution in [3.8, 4) is 11.5 Å². The zero-order valence-electron chi connectivity index (χ0n) is 14.7. The number of amides is 1. The second-order valence-corrected chi connectivity index (χ2v) is 5.83. The van der Waals surface area contributed by atoms with E-state index in [1.54, 1.807) is 31.4 Å². The van der Waals surface area contributed by atoms with Gasteiger partial charge in [-0.1, -0.05) is 17.7 Å². The van der Waals surface area contributed by atoms with Gasteiger partial charge < -0.3 is 20.1 Å². The maximum absolute atomic E-state index is 12.5. The van der Waals surface area contributed by atoms with Crippen LogP contribution in [-0.4, -0.2) is 30.1 Å². The van der Waals surface area contributed by atoms with Crippen LogP contribution in [0.25, 0.3) is 0 Å². The number of benzene rings is 2. The van der Waals surface area contributed by atoms with Crippen molar-refractivity contribution >= 4 is 34.8 Å². The van der Waals surface area contributed by atoms with Gasteiger partial charge in [0.15, 0.2) is 0 Å².